The highest BCUT2D eigenvalue weighted by atomic mass is 19.1. The second kappa shape index (κ2) is 3.34. The van der Waals surface area contributed by atoms with Crippen molar-refractivity contribution in [3.8, 4) is 12.3 Å². The maximum Gasteiger partial charge on any atom is 0.198 e. The van der Waals surface area contributed by atoms with Crippen molar-refractivity contribution in [2.45, 2.75) is 25.2 Å². The topological polar surface area (TPSA) is 26.0 Å². The molecule has 0 aliphatic heterocycles. The van der Waals surface area contributed by atoms with Gasteiger partial charge in [0.15, 0.2) is 11.5 Å². The molecular weight excluding hydrogens is 205 g/mol. The van der Waals surface area contributed by atoms with Crippen molar-refractivity contribution in [2.24, 2.45) is 0 Å². The Morgan fingerprint density at radius 1 is 1.44 bits per heavy atom. The molecule has 3 heteroatoms. The van der Waals surface area contributed by atoms with Gasteiger partial charge in [0, 0.05) is 12.0 Å². The number of benzene rings is 1. The molecule has 2 aromatic rings. The number of fused-ring (bicyclic) bond motifs is 1. The molecule has 80 valence electrons. The number of rotatable bonds is 1. The normalized spacial score (nSPS) is 16.0. The SMILES string of the molecule is C#Cc1cc2nc(C3CCC3)oc2cc1F. The quantitative estimate of drug-likeness (QED) is 0.682. The van der Waals surface area contributed by atoms with Crippen LogP contribution in [0.25, 0.3) is 11.1 Å². The number of terminal acetylenes is 1. The highest BCUT2D eigenvalue weighted by Gasteiger charge is 2.24. The molecule has 1 fully saturated rings. The van der Waals surface area contributed by atoms with Crippen molar-refractivity contribution in [3.63, 3.8) is 0 Å². The first-order valence-electron chi connectivity index (χ1n) is 5.34. The Morgan fingerprint density at radius 3 is 2.88 bits per heavy atom. The summed E-state index contributed by atoms with van der Waals surface area (Å²) in [5.74, 6) is 3.00. The van der Waals surface area contributed by atoms with Crippen LogP contribution < -0.4 is 0 Å². The minimum absolute atomic E-state index is 0.237. The van der Waals surface area contributed by atoms with Crippen molar-refractivity contribution >= 4 is 11.1 Å². The average molecular weight is 215 g/mol. The summed E-state index contributed by atoms with van der Waals surface area (Å²) in [5.41, 5.74) is 1.37. The molecule has 16 heavy (non-hydrogen) atoms. The maximum atomic E-state index is 13.4. The van der Waals surface area contributed by atoms with E-state index in [1.165, 1.54) is 12.5 Å². The molecule has 1 aromatic heterocycles. The van der Waals surface area contributed by atoms with Gasteiger partial charge in [0.2, 0.25) is 0 Å². The van der Waals surface area contributed by atoms with Gasteiger partial charge in [0.25, 0.3) is 0 Å². The van der Waals surface area contributed by atoms with Gasteiger partial charge in [-0.1, -0.05) is 12.3 Å². The van der Waals surface area contributed by atoms with Gasteiger partial charge >= 0.3 is 0 Å². The number of oxazole rings is 1. The molecule has 1 aliphatic rings. The highest BCUT2D eigenvalue weighted by molar-refractivity contribution is 5.75. The minimum atomic E-state index is -0.425. The zero-order valence-electron chi connectivity index (χ0n) is 8.66. The molecular formula is C13H10FNO. The van der Waals surface area contributed by atoms with Crippen LogP contribution in [0, 0.1) is 18.2 Å². The molecule has 1 saturated carbocycles. The van der Waals surface area contributed by atoms with Gasteiger partial charge in [-0.15, -0.1) is 6.42 Å². The summed E-state index contributed by atoms with van der Waals surface area (Å²) in [7, 11) is 0. The van der Waals surface area contributed by atoms with Gasteiger partial charge in [-0.05, 0) is 18.9 Å². The molecule has 0 unspecified atom stereocenters. The lowest BCUT2D eigenvalue weighted by Crippen LogP contribution is -2.08. The van der Waals surface area contributed by atoms with Crippen LogP contribution in [0.2, 0.25) is 0 Å². The van der Waals surface area contributed by atoms with Gasteiger partial charge in [0.1, 0.15) is 11.3 Å². The van der Waals surface area contributed by atoms with Crippen LogP contribution in [0.1, 0.15) is 36.6 Å². The summed E-state index contributed by atoms with van der Waals surface area (Å²) in [6.07, 6.45) is 8.63. The first-order chi connectivity index (χ1) is 7.78. The Hall–Kier alpha value is -1.82. The largest absolute Gasteiger partial charge is 0.440 e. The van der Waals surface area contributed by atoms with Gasteiger partial charge in [0.05, 0.1) is 5.56 Å². The van der Waals surface area contributed by atoms with Crippen LogP contribution in [0.15, 0.2) is 16.5 Å². The third-order valence-electron chi connectivity index (χ3n) is 3.10. The summed E-state index contributed by atoms with van der Waals surface area (Å²) in [6.45, 7) is 0. The minimum Gasteiger partial charge on any atom is -0.440 e. The second-order valence-electron chi connectivity index (χ2n) is 4.12. The van der Waals surface area contributed by atoms with E-state index in [9.17, 15) is 4.39 Å². The fraction of sp³-hybridized carbons (Fsp3) is 0.308. The predicted molar refractivity (Wildman–Crippen MR) is 58.5 cm³/mol. The van der Waals surface area contributed by atoms with E-state index >= 15 is 0 Å². The summed E-state index contributed by atoms with van der Waals surface area (Å²) < 4.78 is 18.9. The summed E-state index contributed by atoms with van der Waals surface area (Å²) >= 11 is 0. The average Bonchev–Trinajstić information content (AvgIpc) is 2.55. The number of hydrogen-bond donors (Lipinski definition) is 0. The molecule has 1 aliphatic carbocycles. The van der Waals surface area contributed by atoms with Gasteiger partial charge < -0.3 is 4.42 Å². The molecule has 1 aromatic carbocycles. The fourth-order valence-corrected chi connectivity index (χ4v) is 1.91. The van der Waals surface area contributed by atoms with Crippen LogP contribution in [-0.4, -0.2) is 4.98 Å². The predicted octanol–water partition coefficient (Wildman–Crippen LogP) is 3.22. The Kier molecular flexibility index (Phi) is 1.97. The molecule has 3 rings (SSSR count). The lowest BCUT2D eigenvalue weighted by atomic mass is 9.85. The Balaban J connectivity index is 2.13. The van der Waals surface area contributed by atoms with Crippen molar-refractivity contribution < 1.29 is 8.81 Å². The van der Waals surface area contributed by atoms with E-state index in [-0.39, 0.29) is 5.56 Å². The van der Waals surface area contributed by atoms with Crippen LogP contribution in [-0.2, 0) is 0 Å². The zero-order chi connectivity index (χ0) is 11.1. The van der Waals surface area contributed by atoms with E-state index in [4.69, 9.17) is 10.8 Å². The monoisotopic (exact) mass is 215 g/mol. The van der Waals surface area contributed by atoms with E-state index in [0.717, 1.165) is 18.7 Å². The molecule has 0 radical (unpaired) electrons. The van der Waals surface area contributed by atoms with Crippen molar-refractivity contribution in [3.05, 3.63) is 29.4 Å². The lowest BCUT2D eigenvalue weighted by Gasteiger charge is -2.21. The van der Waals surface area contributed by atoms with Crippen molar-refractivity contribution in [1.29, 1.82) is 0 Å². The van der Waals surface area contributed by atoms with Crippen LogP contribution in [0.5, 0.6) is 0 Å². The molecule has 2 nitrogen and oxygen atoms in total. The number of aromatic nitrogens is 1. The van der Waals surface area contributed by atoms with E-state index in [1.54, 1.807) is 6.07 Å². The fourth-order valence-electron chi connectivity index (χ4n) is 1.91. The van der Waals surface area contributed by atoms with Gasteiger partial charge in [-0.3, -0.25) is 0 Å². The first kappa shape index (κ1) is 9.41. The van der Waals surface area contributed by atoms with Crippen molar-refractivity contribution in [1.82, 2.24) is 4.98 Å². The van der Waals surface area contributed by atoms with Crippen LogP contribution >= 0.6 is 0 Å². The molecule has 0 amide bonds. The molecule has 1 heterocycles. The Morgan fingerprint density at radius 2 is 2.25 bits per heavy atom. The summed E-state index contributed by atoms with van der Waals surface area (Å²) in [6, 6.07) is 2.88. The lowest BCUT2D eigenvalue weighted by molar-refractivity contribution is 0.344. The third kappa shape index (κ3) is 1.30. The smallest absolute Gasteiger partial charge is 0.198 e. The summed E-state index contributed by atoms with van der Waals surface area (Å²) in [5, 5.41) is 0. The molecule has 0 saturated heterocycles. The number of halogens is 1. The van der Waals surface area contributed by atoms with E-state index < -0.39 is 5.82 Å². The zero-order valence-corrected chi connectivity index (χ0v) is 8.66. The molecule has 0 bridgehead atoms. The van der Waals surface area contributed by atoms with E-state index in [0.29, 0.717) is 17.0 Å². The second-order valence-corrected chi connectivity index (χ2v) is 4.12. The van der Waals surface area contributed by atoms with Crippen molar-refractivity contribution in [2.75, 3.05) is 0 Å². The molecule has 0 spiro atoms. The van der Waals surface area contributed by atoms with E-state index in [2.05, 4.69) is 10.9 Å². The van der Waals surface area contributed by atoms with Crippen LogP contribution in [0.3, 0.4) is 0 Å². The highest BCUT2D eigenvalue weighted by Crippen LogP contribution is 2.37. The summed E-state index contributed by atoms with van der Waals surface area (Å²) in [4.78, 5) is 4.36. The number of nitrogens with zero attached hydrogens (tertiary/aromatic N) is 1. The third-order valence-corrected chi connectivity index (χ3v) is 3.10. The Bertz CT molecular complexity index is 590. The number of hydrogen-bond acceptors (Lipinski definition) is 2. The van der Waals surface area contributed by atoms with Gasteiger partial charge in [-0.25, -0.2) is 9.37 Å². The molecule has 0 N–H and O–H groups in total. The van der Waals surface area contributed by atoms with Gasteiger partial charge in [-0.2, -0.15) is 0 Å². The Labute approximate surface area is 92.5 Å². The van der Waals surface area contributed by atoms with Crippen LogP contribution in [0.4, 0.5) is 4.39 Å². The molecule has 0 atom stereocenters. The standard InChI is InChI=1S/C13H10FNO/c1-2-8-6-11-12(7-10(8)14)16-13(15-11)9-4-3-5-9/h1,6-7,9H,3-5H2. The van der Waals surface area contributed by atoms with E-state index in [1.807, 2.05) is 0 Å². The maximum absolute atomic E-state index is 13.4. The first-order valence-corrected chi connectivity index (χ1v) is 5.34.